The van der Waals surface area contributed by atoms with Crippen LogP contribution in [-0.4, -0.2) is 21.8 Å². The van der Waals surface area contributed by atoms with Gasteiger partial charge in [-0.15, -0.1) is 0 Å². The van der Waals surface area contributed by atoms with Crippen LogP contribution in [0.25, 0.3) is 22.0 Å². The lowest BCUT2D eigenvalue weighted by molar-refractivity contribution is 0.000464. The maximum Gasteiger partial charge on any atom is 0.154 e. The lowest BCUT2D eigenvalue weighted by Gasteiger charge is -2.36. The molecule has 1 aliphatic heterocycles. The molecule has 0 bridgehead atoms. The molecule has 158 valence electrons. The molecule has 0 amide bonds. The molecular weight excluding hydrogens is 408 g/mol. The fraction of sp³-hybridized carbons (Fsp3) is 0.348. The molecule has 0 aliphatic carbocycles. The van der Waals surface area contributed by atoms with Crippen molar-refractivity contribution < 1.29 is 13.6 Å². The predicted octanol–water partition coefficient (Wildman–Crippen LogP) is 6.88. The van der Waals surface area contributed by atoms with E-state index >= 15 is 8.78 Å². The quantitative estimate of drug-likeness (QED) is 0.343. The lowest BCUT2D eigenvalue weighted by Crippen LogP contribution is -2.40. The number of nitrogens with one attached hydrogen (secondary N) is 2. The first kappa shape index (κ1) is 20.7. The van der Waals surface area contributed by atoms with E-state index in [0.717, 1.165) is 5.39 Å². The SMILES string of the molecule is CC1(C)C/C(=N\OC(C)(C)C)c2c(F)c(-c3cccc4cc[nH]c34)c(F)c(Cl)c2N1. The Labute approximate surface area is 179 Å². The lowest BCUT2D eigenvalue weighted by atomic mass is 9.85. The van der Waals surface area contributed by atoms with Gasteiger partial charge in [-0.2, -0.15) is 0 Å². The number of hydrogen-bond acceptors (Lipinski definition) is 3. The van der Waals surface area contributed by atoms with Crippen LogP contribution in [-0.2, 0) is 4.84 Å². The van der Waals surface area contributed by atoms with E-state index in [-0.39, 0.29) is 21.8 Å². The van der Waals surface area contributed by atoms with E-state index in [1.54, 1.807) is 18.3 Å². The second-order valence-corrected chi connectivity index (χ2v) is 9.62. The zero-order valence-corrected chi connectivity index (χ0v) is 18.3. The summed E-state index contributed by atoms with van der Waals surface area (Å²) in [6.45, 7) is 9.41. The Bertz CT molecular complexity index is 1180. The maximum absolute atomic E-state index is 15.9. The molecule has 2 heterocycles. The fourth-order valence-electron chi connectivity index (χ4n) is 3.74. The Hall–Kier alpha value is -2.60. The summed E-state index contributed by atoms with van der Waals surface area (Å²) in [5.41, 5.74) is 0.528. The highest BCUT2D eigenvalue weighted by atomic mass is 35.5. The molecule has 0 radical (unpaired) electrons. The van der Waals surface area contributed by atoms with E-state index in [2.05, 4.69) is 15.5 Å². The average Bonchev–Trinajstić information content (AvgIpc) is 3.12. The second-order valence-electron chi connectivity index (χ2n) is 9.24. The van der Waals surface area contributed by atoms with Crippen LogP contribution in [0.3, 0.4) is 0 Å². The summed E-state index contributed by atoms with van der Waals surface area (Å²) in [4.78, 5) is 8.66. The number of oxime groups is 1. The van der Waals surface area contributed by atoms with Crippen LogP contribution < -0.4 is 5.32 Å². The van der Waals surface area contributed by atoms with E-state index < -0.39 is 22.8 Å². The molecule has 1 aromatic heterocycles. The van der Waals surface area contributed by atoms with Gasteiger partial charge in [-0.3, -0.25) is 0 Å². The molecule has 0 atom stereocenters. The minimum atomic E-state index is -0.809. The number of halogens is 3. The van der Waals surface area contributed by atoms with Crippen molar-refractivity contribution in [3.63, 3.8) is 0 Å². The number of aromatic nitrogens is 1. The summed E-state index contributed by atoms with van der Waals surface area (Å²) in [6, 6.07) is 7.16. The number of anilines is 1. The van der Waals surface area contributed by atoms with Crippen LogP contribution in [0.5, 0.6) is 0 Å². The van der Waals surface area contributed by atoms with Crippen molar-refractivity contribution in [2.24, 2.45) is 5.16 Å². The summed E-state index contributed by atoms with van der Waals surface area (Å²) in [7, 11) is 0. The molecule has 0 unspecified atom stereocenters. The van der Waals surface area contributed by atoms with Gasteiger partial charge in [0, 0.05) is 23.7 Å². The summed E-state index contributed by atoms with van der Waals surface area (Å²) in [5, 5.41) is 8.11. The summed E-state index contributed by atoms with van der Waals surface area (Å²) >= 11 is 6.44. The van der Waals surface area contributed by atoms with Gasteiger partial charge in [-0.1, -0.05) is 35.0 Å². The number of rotatable bonds is 2. The van der Waals surface area contributed by atoms with Crippen molar-refractivity contribution in [3.8, 4) is 11.1 Å². The minimum Gasteiger partial charge on any atom is -0.390 e. The topological polar surface area (TPSA) is 49.4 Å². The average molecular weight is 432 g/mol. The molecule has 0 saturated heterocycles. The van der Waals surface area contributed by atoms with Crippen molar-refractivity contribution in [2.45, 2.75) is 52.2 Å². The minimum absolute atomic E-state index is 0.142. The third-order valence-electron chi connectivity index (χ3n) is 4.97. The standard InChI is InChI=1S/C23H24ClF2N3O/c1-22(2,3)30-29-14-11-23(4,5)28-21-16(14)18(25)15(19(26)17(21)24)13-8-6-7-12-9-10-27-20(12)13/h6-10,27-28H,11H2,1-5H3/b29-14+. The van der Waals surface area contributed by atoms with Crippen LogP contribution in [0.1, 0.15) is 46.6 Å². The Morgan fingerprint density at radius 2 is 1.83 bits per heavy atom. The maximum atomic E-state index is 15.9. The Morgan fingerprint density at radius 3 is 2.53 bits per heavy atom. The van der Waals surface area contributed by atoms with Crippen molar-refractivity contribution in [3.05, 3.63) is 52.7 Å². The summed E-state index contributed by atoms with van der Waals surface area (Å²) in [6.07, 6.45) is 2.12. The van der Waals surface area contributed by atoms with Gasteiger partial charge in [0.25, 0.3) is 0 Å². The number of H-pyrrole nitrogens is 1. The number of fused-ring (bicyclic) bond motifs is 2. The van der Waals surface area contributed by atoms with Gasteiger partial charge in [0.05, 0.1) is 28.0 Å². The second kappa shape index (κ2) is 6.98. The van der Waals surface area contributed by atoms with Gasteiger partial charge in [-0.05, 0) is 46.1 Å². The van der Waals surface area contributed by atoms with Crippen LogP contribution in [0, 0.1) is 11.6 Å². The molecule has 0 spiro atoms. The molecule has 0 fully saturated rings. The Kier molecular flexibility index (Phi) is 4.81. The molecular formula is C23H24ClF2N3O. The molecule has 30 heavy (non-hydrogen) atoms. The van der Waals surface area contributed by atoms with E-state index in [9.17, 15) is 0 Å². The first-order chi connectivity index (χ1) is 14.0. The van der Waals surface area contributed by atoms with Crippen LogP contribution in [0.15, 0.2) is 35.6 Å². The third kappa shape index (κ3) is 3.54. The van der Waals surface area contributed by atoms with Gasteiger partial charge in [0.2, 0.25) is 0 Å². The van der Waals surface area contributed by atoms with Gasteiger partial charge >= 0.3 is 0 Å². The third-order valence-corrected chi connectivity index (χ3v) is 5.32. The van der Waals surface area contributed by atoms with Gasteiger partial charge < -0.3 is 15.1 Å². The fourth-order valence-corrected chi connectivity index (χ4v) is 3.97. The first-order valence-electron chi connectivity index (χ1n) is 9.79. The van der Waals surface area contributed by atoms with Crippen LogP contribution in [0.4, 0.5) is 14.5 Å². The van der Waals surface area contributed by atoms with Crippen molar-refractivity contribution in [1.29, 1.82) is 0 Å². The molecule has 7 heteroatoms. The van der Waals surface area contributed by atoms with Gasteiger partial charge in [-0.25, -0.2) is 8.78 Å². The molecule has 4 rings (SSSR count). The number of hydrogen-bond donors (Lipinski definition) is 2. The van der Waals surface area contributed by atoms with E-state index in [1.807, 2.05) is 46.8 Å². The van der Waals surface area contributed by atoms with Crippen molar-refractivity contribution in [1.82, 2.24) is 4.98 Å². The van der Waals surface area contributed by atoms with Gasteiger partial charge in [0.1, 0.15) is 16.4 Å². The van der Waals surface area contributed by atoms with E-state index in [0.29, 0.717) is 23.2 Å². The number of aromatic amines is 1. The van der Waals surface area contributed by atoms with Crippen molar-refractivity contribution >= 4 is 33.9 Å². The molecule has 2 N–H and O–H groups in total. The normalized spacial score (nSPS) is 17.1. The van der Waals surface area contributed by atoms with E-state index in [4.69, 9.17) is 16.4 Å². The molecule has 4 nitrogen and oxygen atoms in total. The highest BCUT2D eigenvalue weighted by Gasteiger charge is 2.37. The van der Waals surface area contributed by atoms with Gasteiger partial charge in [0.15, 0.2) is 5.82 Å². The zero-order chi connectivity index (χ0) is 21.8. The summed E-state index contributed by atoms with van der Waals surface area (Å²) < 4.78 is 31.4. The van der Waals surface area contributed by atoms with Crippen molar-refractivity contribution in [2.75, 3.05) is 5.32 Å². The number of para-hydroxylation sites is 1. The highest BCUT2D eigenvalue weighted by Crippen LogP contribution is 2.45. The Balaban J connectivity index is 2.01. The van der Waals surface area contributed by atoms with E-state index in [1.165, 1.54) is 0 Å². The van der Waals surface area contributed by atoms with Crippen LogP contribution >= 0.6 is 11.6 Å². The monoisotopic (exact) mass is 431 g/mol. The summed E-state index contributed by atoms with van der Waals surface area (Å²) in [5.74, 6) is -1.52. The largest absolute Gasteiger partial charge is 0.390 e. The number of nitrogens with zero attached hydrogens (tertiary/aromatic N) is 1. The highest BCUT2D eigenvalue weighted by molar-refractivity contribution is 6.35. The zero-order valence-electron chi connectivity index (χ0n) is 17.6. The predicted molar refractivity (Wildman–Crippen MR) is 118 cm³/mol. The molecule has 2 aromatic carbocycles. The molecule has 0 saturated carbocycles. The Morgan fingerprint density at radius 1 is 1.10 bits per heavy atom. The molecule has 3 aromatic rings. The van der Waals surface area contributed by atoms with Crippen LogP contribution in [0.2, 0.25) is 5.02 Å². The smallest absolute Gasteiger partial charge is 0.154 e. The number of benzene rings is 2. The first-order valence-corrected chi connectivity index (χ1v) is 10.2. The molecule has 1 aliphatic rings.